The first kappa shape index (κ1) is 12.3. The zero-order chi connectivity index (χ0) is 11.4. The van der Waals surface area contributed by atoms with E-state index in [0.717, 1.165) is 6.61 Å². The monoisotopic (exact) mass is 226 g/mol. The van der Waals surface area contributed by atoms with Crippen LogP contribution in [-0.4, -0.2) is 42.8 Å². The average molecular weight is 226 g/mol. The molecule has 2 N–H and O–H groups in total. The molecule has 0 radical (unpaired) electrons. The van der Waals surface area contributed by atoms with Gasteiger partial charge in [0.15, 0.2) is 0 Å². The Balaban J connectivity index is 1.61. The number of nitrogens with two attached hydrogens (primary N) is 1. The summed E-state index contributed by atoms with van der Waals surface area (Å²) in [4.78, 5) is 2.56. The minimum absolute atomic E-state index is 0.191. The maximum absolute atomic E-state index is 6.24. The molecule has 0 amide bonds. The third kappa shape index (κ3) is 3.19. The van der Waals surface area contributed by atoms with E-state index in [1.807, 2.05) is 0 Å². The second-order valence-corrected chi connectivity index (χ2v) is 5.46. The second kappa shape index (κ2) is 5.48. The number of nitrogens with zero attached hydrogens (tertiary/aromatic N) is 1. The highest BCUT2D eigenvalue weighted by Gasteiger charge is 2.32. The van der Waals surface area contributed by atoms with Crippen LogP contribution >= 0.6 is 0 Å². The molecule has 3 nitrogen and oxygen atoms in total. The van der Waals surface area contributed by atoms with Gasteiger partial charge in [-0.1, -0.05) is 0 Å². The molecule has 0 unspecified atom stereocenters. The van der Waals surface area contributed by atoms with Gasteiger partial charge in [0.2, 0.25) is 0 Å². The lowest BCUT2D eigenvalue weighted by atomic mass is 9.75. The Labute approximate surface area is 99.3 Å². The minimum Gasteiger partial charge on any atom is -0.378 e. The molecule has 1 aliphatic heterocycles. The van der Waals surface area contributed by atoms with E-state index in [1.165, 1.54) is 58.2 Å². The number of hydrogen-bond donors (Lipinski definition) is 1. The van der Waals surface area contributed by atoms with Gasteiger partial charge >= 0.3 is 0 Å². The molecule has 1 saturated heterocycles. The average Bonchev–Trinajstić information content (AvgIpc) is 2.26. The number of rotatable bonds is 5. The van der Waals surface area contributed by atoms with Crippen molar-refractivity contribution in [2.24, 2.45) is 5.73 Å². The Morgan fingerprint density at radius 1 is 1.31 bits per heavy atom. The highest BCUT2D eigenvalue weighted by atomic mass is 16.5. The van der Waals surface area contributed by atoms with Crippen LogP contribution in [0.2, 0.25) is 0 Å². The molecule has 0 spiro atoms. The van der Waals surface area contributed by atoms with Crippen molar-refractivity contribution in [2.75, 3.05) is 26.2 Å². The van der Waals surface area contributed by atoms with E-state index in [9.17, 15) is 0 Å². The summed E-state index contributed by atoms with van der Waals surface area (Å²) in [6.07, 6.45) is 7.91. The molecule has 2 fully saturated rings. The zero-order valence-corrected chi connectivity index (χ0v) is 10.6. The van der Waals surface area contributed by atoms with Gasteiger partial charge in [-0.15, -0.1) is 0 Å². The summed E-state index contributed by atoms with van der Waals surface area (Å²) >= 11 is 0. The summed E-state index contributed by atoms with van der Waals surface area (Å²) in [7, 11) is 0. The van der Waals surface area contributed by atoms with Crippen molar-refractivity contribution in [1.29, 1.82) is 0 Å². The van der Waals surface area contributed by atoms with Gasteiger partial charge < -0.3 is 15.4 Å². The van der Waals surface area contributed by atoms with Crippen molar-refractivity contribution in [2.45, 2.75) is 57.1 Å². The molecular formula is C13H26N2O. The van der Waals surface area contributed by atoms with Crippen LogP contribution in [0.3, 0.4) is 0 Å². The minimum atomic E-state index is 0.191. The quantitative estimate of drug-likeness (QED) is 0.776. The van der Waals surface area contributed by atoms with Crippen LogP contribution in [0.25, 0.3) is 0 Å². The summed E-state index contributed by atoms with van der Waals surface area (Å²) in [6, 6.07) is 0. The van der Waals surface area contributed by atoms with Crippen molar-refractivity contribution in [3.8, 4) is 0 Å². The smallest absolute Gasteiger partial charge is 0.0599 e. The lowest BCUT2D eigenvalue weighted by Gasteiger charge is -2.40. The lowest BCUT2D eigenvalue weighted by Crippen LogP contribution is -2.49. The molecule has 2 rings (SSSR count). The fraction of sp³-hybridized carbons (Fsp3) is 1.00. The summed E-state index contributed by atoms with van der Waals surface area (Å²) < 4.78 is 5.66. The maximum atomic E-state index is 6.24. The molecule has 94 valence electrons. The van der Waals surface area contributed by atoms with E-state index in [4.69, 9.17) is 10.5 Å². The molecule has 3 heteroatoms. The molecule has 16 heavy (non-hydrogen) atoms. The van der Waals surface area contributed by atoms with Crippen LogP contribution in [0.5, 0.6) is 0 Å². The predicted octanol–water partition coefficient (Wildman–Crippen LogP) is 1.76. The molecule has 2 aliphatic rings. The van der Waals surface area contributed by atoms with Crippen LogP contribution < -0.4 is 5.73 Å². The van der Waals surface area contributed by atoms with E-state index in [2.05, 4.69) is 11.8 Å². The van der Waals surface area contributed by atoms with Gasteiger partial charge in [-0.2, -0.15) is 0 Å². The second-order valence-electron chi connectivity index (χ2n) is 5.46. The highest BCUT2D eigenvalue weighted by molar-refractivity contribution is 4.93. The molecule has 1 saturated carbocycles. The standard InChI is InChI=1S/C13H26N2O/c1-2-16-12-4-9-15(10-5-12)11-8-13(14)6-3-7-13/h12H,2-11,14H2,1H3. The molecular weight excluding hydrogens is 200 g/mol. The van der Waals surface area contributed by atoms with E-state index in [1.54, 1.807) is 0 Å². The Bertz CT molecular complexity index is 208. The summed E-state index contributed by atoms with van der Waals surface area (Å²) in [5, 5.41) is 0. The third-order valence-corrected chi connectivity index (χ3v) is 4.21. The van der Waals surface area contributed by atoms with Crippen molar-refractivity contribution in [3.05, 3.63) is 0 Å². The first-order chi connectivity index (χ1) is 7.72. The van der Waals surface area contributed by atoms with Crippen LogP contribution in [0.4, 0.5) is 0 Å². The van der Waals surface area contributed by atoms with E-state index >= 15 is 0 Å². The molecule has 0 bridgehead atoms. The first-order valence-corrected chi connectivity index (χ1v) is 6.85. The molecule has 0 aromatic carbocycles. The Morgan fingerprint density at radius 2 is 2.00 bits per heavy atom. The molecule has 0 atom stereocenters. The Hall–Kier alpha value is -0.120. The van der Waals surface area contributed by atoms with Crippen molar-refractivity contribution >= 4 is 0 Å². The van der Waals surface area contributed by atoms with Gasteiger partial charge in [0.05, 0.1) is 6.10 Å². The fourth-order valence-electron chi connectivity index (χ4n) is 2.80. The summed E-state index contributed by atoms with van der Waals surface area (Å²) in [6.45, 7) is 6.52. The van der Waals surface area contributed by atoms with Gasteiger partial charge in [0.1, 0.15) is 0 Å². The van der Waals surface area contributed by atoms with Crippen molar-refractivity contribution in [3.63, 3.8) is 0 Å². The fourth-order valence-corrected chi connectivity index (χ4v) is 2.80. The van der Waals surface area contributed by atoms with E-state index in [0.29, 0.717) is 6.10 Å². The number of hydrogen-bond acceptors (Lipinski definition) is 3. The van der Waals surface area contributed by atoms with Crippen LogP contribution in [0, 0.1) is 0 Å². The topological polar surface area (TPSA) is 38.5 Å². The van der Waals surface area contributed by atoms with Gasteiger partial charge in [0.25, 0.3) is 0 Å². The number of piperidine rings is 1. The third-order valence-electron chi connectivity index (χ3n) is 4.21. The summed E-state index contributed by atoms with van der Waals surface area (Å²) in [5.41, 5.74) is 6.43. The van der Waals surface area contributed by atoms with Crippen molar-refractivity contribution < 1.29 is 4.74 Å². The van der Waals surface area contributed by atoms with Gasteiger partial charge in [-0.05, 0) is 52.0 Å². The van der Waals surface area contributed by atoms with Crippen molar-refractivity contribution in [1.82, 2.24) is 4.90 Å². The number of ether oxygens (including phenoxy) is 1. The normalized spacial score (nSPS) is 26.6. The molecule has 0 aromatic rings. The van der Waals surface area contributed by atoms with Crippen LogP contribution in [0.15, 0.2) is 0 Å². The van der Waals surface area contributed by atoms with Crippen LogP contribution in [0.1, 0.15) is 45.4 Å². The van der Waals surface area contributed by atoms with E-state index in [-0.39, 0.29) is 5.54 Å². The van der Waals surface area contributed by atoms with Gasteiger partial charge in [0, 0.05) is 25.2 Å². The van der Waals surface area contributed by atoms with E-state index < -0.39 is 0 Å². The predicted molar refractivity (Wildman–Crippen MR) is 66.5 cm³/mol. The molecule has 1 aliphatic carbocycles. The largest absolute Gasteiger partial charge is 0.378 e. The molecule has 1 heterocycles. The van der Waals surface area contributed by atoms with Gasteiger partial charge in [-0.3, -0.25) is 0 Å². The maximum Gasteiger partial charge on any atom is 0.0599 e. The summed E-state index contributed by atoms with van der Waals surface area (Å²) in [5.74, 6) is 0. The molecule has 0 aromatic heterocycles. The van der Waals surface area contributed by atoms with Crippen LogP contribution in [-0.2, 0) is 4.74 Å². The van der Waals surface area contributed by atoms with Gasteiger partial charge in [-0.25, -0.2) is 0 Å². The zero-order valence-electron chi connectivity index (χ0n) is 10.6. The number of likely N-dealkylation sites (tertiary alicyclic amines) is 1. The highest BCUT2D eigenvalue weighted by Crippen LogP contribution is 2.32. The lowest BCUT2D eigenvalue weighted by molar-refractivity contribution is 0.0118. The Kier molecular flexibility index (Phi) is 4.22. The SMILES string of the molecule is CCOC1CCN(CCC2(N)CCC2)CC1. The Morgan fingerprint density at radius 3 is 2.50 bits per heavy atom. The first-order valence-electron chi connectivity index (χ1n) is 6.85.